The number of nitrogen functional groups attached to an aromatic ring is 1. The molecule has 122 valence electrons. The van der Waals surface area contributed by atoms with Crippen molar-refractivity contribution in [2.75, 3.05) is 23.7 Å². The summed E-state index contributed by atoms with van der Waals surface area (Å²) in [6.07, 6.45) is 1.87. The van der Waals surface area contributed by atoms with Crippen LogP contribution in [-0.2, 0) is 13.1 Å². The fraction of sp³-hybridized carbons (Fsp3) is 0.588. The zero-order chi connectivity index (χ0) is 16.3. The van der Waals surface area contributed by atoms with Crippen molar-refractivity contribution in [3.63, 3.8) is 0 Å². The number of aryl methyl sites for hydroxylation is 2. The molecule has 0 saturated carbocycles. The molecule has 5 heteroatoms. The number of hydrogen-bond donors (Lipinski definition) is 1. The van der Waals surface area contributed by atoms with Gasteiger partial charge >= 0.3 is 5.69 Å². The highest BCUT2D eigenvalue weighted by atomic mass is 16.1. The third-order valence-corrected chi connectivity index (χ3v) is 4.17. The van der Waals surface area contributed by atoms with Gasteiger partial charge in [0.15, 0.2) is 0 Å². The second kappa shape index (κ2) is 6.90. The fourth-order valence-corrected chi connectivity index (χ4v) is 3.08. The Morgan fingerprint density at radius 1 is 0.955 bits per heavy atom. The summed E-state index contributed by atoms with van der Waals surface area (Å²) < 4.78 is 3.74. The Bertz CT molecular complexity index is 695. The Balaban J connectivity index is 2.74. The highest BCUT2D eigenvalue weighted by Crippen LogP contribution is 2.29. The van der Waals surface area contributed by atoms with Crippen molar-refractivity contribution in [2.24, 2.45) is 0 Å². The van der Waals surface area contributed by atoms with Gasteiger partial charge in [0.05, 0.1) is 22.4 Å². The first kappa shape index (κ1) is 16.5. The third kappa shape index (κ3) is 2.72. The molecule has 0 amide bonds. The molecule has 0 atom stereocenters. The van der Waals surface area contributed by atoms with E-state index in [1.54, 1.807) is 0 Å². The van der Waals surface area contributed by atoms with E-state index >= 15 is 0 Å². The van der Waals surface area contributed by atoms with Crippen molar-refractivity contribution in [2.45, 2.75) is 53.6 Å². The SMILES string of the molecule is CCCn1c(=O)n(CCC)c2cc(N(CC)CC)c(N)cc21. The molecule has 1 aromatic carbocycles. The minimum absolute atomic E-state index is 0.0785. The molecule has 0 bridgehead atoms. The van der Waals surface area contributed by atoms with E-state index in [1.807, 2.05) is 15.2 Å². The van der Waals surface area contributed by atoms with Gasteiger partial charge in [-0.05, 0) is 38.8 Å². The van der Waals surface area contributed by atoms with Crippen molar-refractivity contribution < 1.29 is 0 Å². The van der Waals surface area contributed by atoms with E-state index < -0.39 is 0 Å². The predicted octanol–water partition coefficient (Wildman–Crippen LogP) is 3.05. The summed E-state index contributed by atoms with van der Waals surface area (Å²) in [5, 5.41) is 0. The van der Waals surface area contributed by atoms with Crippen LogP contribution < -0.4 is 16.3 Å². The van der Waals surface area contributed by atoms with Gasteiger partial charge in [0, 0.05) is 26.2 Å². The largest absolute Gasteiger partial charge is 0.397 e. The predicted molar refractivity (Wildman–Crippen MR) is 94.8 cm³/mol. The minimum atomic E-state index is 0.0785. The van der Waals surface area contributed by atoms with Crippen molar-refractivity contribution in [3.05, 3.63) is 22.6 Å². The maximum atomic E-state index is 12.7. The lowest BCUT2D eigenvalue weighted by Crippen LogP contribution is -2.24. The number of imidazole rings is 1. The molecule has 0 radical (unpaired) electrons. The van der Waals surface area contributed by atoms with Crippen LogP contribution in [0.2, 0.25) is 0 Å². The third-order valence-electron chi connectivity index (χ3n) is 4.17. The molecule has 0 fully saturated rings. The molecule has 0 unspecified atom stereocenters. The van der Waals surface area contributed by atoms with Gasteiger partial charge in [-0.1, -0.05) is 13.8 Å². The lowest BCUT2D eigenvalue weighted by molar-refractivity contribution is 0.607. The summed E-state index contributed by atoms with van der Waals surface area (Å²) >= 11 is 0. The summed E-state index contributed by atoms with van der Waals surface area (Å²) in [4.78, 5) is 14.9. The normalized spacial score (nSPS) is 11.3. The highest BCUT2D eigenvalue weighted by Gasteiger charge is 2.16. The first-order valence-electron chi connectivity index (χ1n) is 8.36. The maximum absolute atomic E-state index is 12.7. The Morgan fingerprint density at radius 2 is 1.45 bits per heavy atom. The average Bonchev–Trinajstić information content (AvgIpc) is 2.75. The van der Waals surface area contributed by atoms with E-state index in [9.17, 15) is 4.79 Å². The number of aromatic nitrogens is 2. The van der Waals surface area contributed by atoms with E-state index in [1.165, 1.54) is 0 Å². The van der Waals surface area contributed by atoms with Crippen LogP contribution in [0.3, 0.4) is 0 Å². The van der Waals surface area contributed by atoms with Crippen LogP contribution in [0.1, 0.15) is 40.5 Å². The van der Waals surface area contributed by atoms with Gasteiger partial charge in [0.2, 0.25) is 0 Å². The van der Waals surface area contributed by atoms with Crippen LogP contribution in [0.15, 0.2) is 16.9 Å². The lowest BCUT2D eigenvalue weighted by Gasteiger charge is -2.23. The molecule has 2 rings (SSSR count). The van der Waals surface area contributed by atoms with E-state index in [4.69, 9.17) is 5.73 Å². The monoisotopic (exact) mass is 304 g/mol. The number of anilines is 2. The van der Waals surface area contributed by atoms with Gasteiger partial charge in [0.25, 0.3) is 0 Å². The first-order chi connectivity index (χ1) is 10.6. The van der Waals surface area contributed by atoms with Crippen molar-refractivity contribution >= 4 is 22.4 Å². The average molecular weight is 304 g/mol. The van der Waals surface area contributed by atoms with Gasteiger partial charge in [-0.3, -0.25) is 9.13 Å². The second-order valence-corrected chi connectivity index (χ2v) is 5.66. The molecule has 2 aromatic rings. The van der Waals surface area contributed by atoms with Crippen molar-refractivity contribution in [1.29, 1.82) is 0 Å². The zero-order valence-electron chi connectivity index (χ0n) is 14.2. The molecule has 0 spiro atoms. The summed E-state index contributed by atoms with van der Waals surface area (Å²) in [5.74, 6) is 0. The van der Waals surface area contributed by atoms with Gasteiger partial charge in [0.1, 0.15) is 0 Å². The molecule has 22 heavy (non-hydrogen) atoms. The Kier molecular flexibility index (Phi) is 5.16. The van der Waals surface area contributed by atoms with E-state index in [0.29, 0.717) is 0 Å². The Morgan fingerprint density at radius 3 is 1.91 bits per heavy atom. The minimum Gasteiger partial charge on any atom is -0.397 e. The van der Waals surface area contributed by atoms with Crippen molar-refractivity contribution in [3.8, 4) is 0 Å². The van der Waals surface area contributed by atoms with E-state index in [0.717, 1.165) is 61.4 Å². The second-order valence-electron chi connectivity index (χ2n) is 5.66. The molecule has 0 aliphatic heterocycles. The van der Waals surface area contributed by atoms with Crippen LogP contribution in [0.4, 0.5) is 11.4 Å². The van der Waals surface area contributed by atoms with Crippen LogP contribution >= 0.6 is 0 Å². The molecule has 1 aromatic heterocycles. The zero-order valence-corrected chi connectivity index (χ0v) is 14.2. The number of hydrogen-bond acceptors (Lipinski definition) is 3. The van der Waals surface area contributed by atoms with Gasteiger partial charge < -0.3 is 10.6 Å². The molecule has 5 nitrogen and oxygen atoms in total. The Hall–Kier alpha value is -1.91. The number of benzene rings is 1. The number of nitrogens with zero attached hydrogens (tertiary/aromatic N) is 3. The number of fused-ring (bicyclic) bond motifs is 1. The fourth-order valence-electron chi connectivity index (χ4n) is 3.08. The Labute approximate surface area is 132 Å². The quantitative estimate of drug-likeness (QED) is 0.800. The number of nitrogens with two attached hydrogens (primary N) is 1. The highest BCUT2D eigenvalue weighted by molar-refractivity contribution is 5.88. The van der Waals surface area contributed by atoms with Crippen LogP contribution in [0.5, 0.6) is 0 Å². The van der Waals surface area contributed by atoms with Gasteiger partial charge in [-0.15, -0.1) is 0 Å². The molecule has 1 heterocycles. The lowest BCUT2D eigenvalue weighted by atomic mass is 10.2. The summed E-state index contributed by atoms with van der Waals surface area (Å²) in [7, 11) is 0. The summed E-state index contributed by atoms with van der Waals surface area (Å²) in [5.41, 5.74) is 10.1. The van der Waals surface area contributed by atoms with Gasteiger partial charge in [-0.2, -0.15) is 0 Å². The summed E-state index contributed by atoms with van der Waals surface area (Å²) in [6.45, 7) is 11.7. The smallest absolute Gasteiger partial charge is 0.329 e. The van der Waals surface area contributed by atoms with Crippen LogP contribution in [0.25, 0.3) is 11.0 Å². The van der Waals surface area contributed by atoms with Gasteiger partial charge in [-0.25, -0.2) is 4.79 Å². The summed E-state index contributed by atoms with van der Waals surface area (Å²) in [6, 6.07) is 4.05. The molecule has 0 aliphatic carbocycles. The topological polar surface area (TPSA) is 56.2 Å². The van der Waals surface area contributed by atoms with E-state index in [-0.39, 0.29) is 5.69 Å². The number of rotatable bonds is 7. The first-order valence-corrected chi connectivity index (χ1v) is 8.36. The van der Waals surface area contributed by atoms with Crippen LogP contribution in [-0.4, -0.2) is 22.2 Å². The van der Waals surface area contributed by atoms with Crippen molar-refractivity contribution in [1.82, 2.24) is 9.13 Å². The molecular weight excluding hydrogens is 276 g/mol. The standard InChI is InChI=1S/C17H28N4O/c1-5-9-20-15-11-13(18)14(19(7-3)8-4)12-16(15)21(10-6-2)17(20)22/h11-12H,5-10,18H2,1-4H3. The molecule has 0 aliphatic rings. The molecule has 2 N–H and O–H groups in total. The van der Waals surface area contributed by atoms with E-state index in [2.05, 4.69) is 38.7 Å². The molecule has 0 saturated heterocycles. The molecular formula is C17H28N4O. The van der Waals surface area contributed by atoms with Crippen LogP contribution in [0, 0.1) is 0 Å². The maximum Gasteiger partial charge on any atom is 0.329 e.